The number of para-hydroxylation sites is 1. The van der Waals surface area contributed by atoms with Gasteiger partial charge in [0, 0.05) is 35.0 Å². The Bertz CT molecular complexity index is 928. The van der Waals surface area contributed by atoms with Crippen LogP contribution in [-0.2, 0) is 0 Å². The lowest BCUT2D eigenvalue weighted by Gasteiger charge is -2.13. The molecule has 0 radical (unpaired) electrons. The Morgan fingerprint density at radius 2 is 1.62 bits per heavy atom. The van der Waals surface area contributed by atoms with Crippen LogP contribution in [0.4, 0.5) is 11.4 Å². The number of hydrogen-bond donors (Lipinski definition) is 1. The van der Waals surface area contributed by atoms with Gasteiger partial charge in [-0.1, -0.05) is 54.6 Å². The van der Waals surface area contributed by atoms with Gasteiger partial charge < -0.3 is 9.88 Å². The molecule has 24 heavy (non-hydrogen) atoms. The van der Waals surface area contributed by atoms with Gasteiger partial charge in [-0.2, -0.15) is 0 Å². The number of hydrogen-bond acceptors (Lipinski definition) is 2. The molecule has 0 bridgehead atoms. The first-order valence-electron chi connectivity index (χ1n) is 7.90. The molecule has 0 aliphatic carbocycles. The van der Waals surface area contributed by atoms with E-state index in [-0.39, 0.29) is 0 Å². The molecule has 3 aromatic carbocycles. The number of nitrogens with one attached hydrogen (secondary N) is 1. The number of aromatic nitrogens is 2. The van der Waals surface area contributed by atoms with Crippen molar-refractivity contribution in [3.8, 4) is 16.8 Å². The van der Waals surface area contributed by atoms with Crippen LogP contribution in [-0.4, -0.2) is 9.55 Å². The van der Waals surface area contributed by atoms with Crippen molar-refractivity contribution in [1.82, 2.24) is 9.55 Å². The monoisotopic (exact) mass is 311 g/mol. The predicted molar refractivity (Wildman–Crippen MR) is 98.7 cm³/mol. The lowest BCUT2D eigenvalue weighted by molar-refractivity contribution is 1.06. The van der Waals surface area contributed by atoms with Crippen molar-refractivity contribution >= 4 is 11.4 Å². The zero-order valence-electron chi connectivity index (χ0n) is 13.1. The third-order valence-corrected chi connectivity index (χ3v) is 3.94. The molecular formula is C21H17N3. The zero-order chi connectivity index (χ0) is 16.2. The number of rotatable bonds is 4. The minimum absolute atomic E-state index is 1.05. The van der Waals surface area contributed by atoms with Crippen molar-refractivity contribution < 1.29 is 0 Å². The molecule has 0 amide bonds. The molecule has 0 saturated carbocycles. The Morgan fingerprint density at radius 3 is 2.46 bits per heavy atom. The van der Waals surface area contributed by atoms with Gasteiger partial charge in [0.2, 0.25) is 0 Å². The molecule has 0 aliphatic rings. The van der Waals surface area contributed by atoms with Crippen LogP contribution in [0.5, 0.6) is 0 Å². The summed E-state index contributed by atoms with van der Waals surface area (Å²) in [5.41, 5.74) is 5.60. The van der Waals surface area contributed by atoms with Crippen LogP contribution in [0, 0.1) is 0 Å². The van der Waals surface area contributed by atoms with E-state index in [1.807, 2.05) is 22.9 Å². The summed E-state index contributed by atoms with van der Waals surface area (Å²) in [6, 6.07) is 27.1. The van der Waals surface area contributed by atoms with E-state index in [1.165, 1.54) is 11.1 Å². The third kappa shape index (κ3) is 2.92. The lowest BCUT2D eigenvalue weighted by atomic mass is 10.0. The molecular weight excluding hydrogens is 294 g/mol. The van der Waals surface area contributed by atoms with Crippen molar-refractivity contribution in [2.75, 3.05) is 5.32 Å². The summed E-state index contributed by atoms with van der Waals surface area (Å²) in [6.07, 6.45) is 5.53. The average molecular weight is 311 g/mol. The van der Waals surface area contributed by atoms with Crippen LogP contribution >= 0.6 is 0 Å². The van der Waals surface area contributed by atoms with Crippen molar-refractivity contribution in [2.24, 2.45) is 0 Å². The van der Waals surface area contributed by atoms with Gasteiger partial charge in [0.15, 0.2) is 0 Å². The highest BCUT2D eigenvalue weighted by atomic mass is 15.0. The van der Waals surface area contributed by atoms with Gasteiger partial charge in [-0.15, -0.1) is 0 Å². The van der Waals surface area contributed by atoms with Crippen LogP contribution in [0.1, 0.15) is 0 Å². The van der Waals surface area contributed by atoms with E-state index in [1.54, 1.807) is 12.5 Å². The molecule has 0 fully saturated rings. The molecule has 0 aliphatic heterocycles. The van der Waals surface area contributed by atoms with Gasteiger partial charge >= 0.3 is 0 Å². The van der Waals surface area contributed by atoms with Gasteiger partial charge in [0.25, 0.3) is 0 Å². The van der Waals surface area contributed by atoms with E-state index in [0.29, 0.717) is 0 Å². The summed E-state index contributed by atoms with van der Waals surface area (Å²) >= 11 is 0. The first-order chi connectivity index (χ1) is 11.9. The molecule has 4 aromatic rings. The third-order valence-electron chi connectivity index (χ3n) is 3.94. The van der Waals surface area contributed by atoms with E-state index in [2.05, 4.69) is 77.0 Å². The molecule has 0 saturated heterocycles. The SMILES string of the molecule is c1ccc(-c2ccccc2Nc2cccc(-n3ccnc3)c2)cc1. The smallest absolute Gasteiger partial charge is 0.0991 e. The first kappa shape index (κ1) is 14.3. The van der Waals surface area contributed by atoms with Gasteiger partial charge in [0.1, 0.15) is 0 Å². The molecule has 0 spiro atoms. The van der Waals surface area contributed by atoms with Gasteiger partial charge in [0.05, 0.1) is 6.33 Å². The molecule has 0 unspecified atom stereocenters. The standard InChI is InChI=1S/C21H17N3/c1-2-7-17(8-3-1)20-11-4-5-12-21(20)23-18-9-6-10-19(15-18)24-14-13-22-16-24/h1-16,23H. The number of anilines is 2. The fourth-order valence-electron chi connectivity index (χ4n) is 2.77. The Morgan fingerprint density at radius 1 is 0.792 bits per heavy atom. The Labute approximate surface area is 141 Å². The summed E-state index contributed by atoms with van der Waals surface area (Å²) in [5.74, 6) is 0. The molecule has 1 heterocycles. The first-order valence-corrected chi connectivity index (χ1v) is 7.90. The average Bonchev–Trinajstić information content (AvgIpc) is 3.18. The molecule has 1 N–H and O–H groups in total. The van der Waals surface area contributed by atoms with E-state index >= 15 is 0 Å². The summed E-state index contributed by atoms with van der Waals surface area (Å²) in [7, 11) is 0. The zero-order valence-corrected chi connectivity index (χ0v) is 13.1. The maximum absolute atomic E-state index is 4.11. The van der Waals surface area contributed by atoms with Gasteiger partial charge in [-0.05, 0) is 29.8 Å². The topological polar surface area (TPSA) is 29.9 Å². The second kappa shape index (κ2) is 6.42. The summed E-state index contributed by atoms with van der Waals surface area (Å²) < 4.78 is 1.99. The van der Waals surface area contributed by atoms with Gasteiger partial charge in [-0.25, -0.2) is 4.98 Å². The van der Waals surface area contributed by atoms with Crippen LogP contribution in [0.25, 0.3) is 16.8 Å². The second-order valence-corrected chi connectivity index (χ2v) is 5.56. The fraction of sp³-hybridized carbons (Fsp3) is 0. The van der Waals surface area contributed by atoms with Crippen LogP contribution < -0.4 is 5.32 Å². The molecule has 116 valence electrons. The molecule has 3 nitrogen and oxygen atoms in total. The van der Waals surface area contributed by atoms with E-state index < -0.39 is 0 Å². The van der Waals surface area contributed by atoms with Gasteiger partial charge in [-0.3, -0.25) is 0 Å². The van der Waals surface area contributed by atoms with Crippen molar-refractivity contribution in [3.05, 3.63) is 97.6 Å². The predicted octanol–water partition coefficient (Wildman–Crippen LogP) is 5.28. The molecule has 3 heteroatoms. The normalized spacial score (nSPS) is 10.5. The summed E-state index contributed by atoms with van der Waals surface area (Å²) in [5, 5.41) is 3.54. The number of imidazole rings is 1. The van der Waals surface area contributed by atoms with Crippen LogP contribution in [0.15, 0.2) is 97.6 Å². The van der Waals surface area contributed by atoms with Crippen molar-refractivity contribution in [3.63, 3.8) is 0 Å². The highest BCUT2D eigenvalue weighted by molar-refractivity contribution is 5.81. The highest BCUT2D eigenvalue weighted by Crippen LogP contribution is 2.30. The maximum atomic E-state index is 4.11. The quantitative estimate of drug-likeness (QED) is 0.555. The Hall–Kier alpha value is -3.33. The fourth-order valence-corrected chi connectivity index (χ4v) is 2.77. The minimum atomic E-state index is 1.05. The Kier molecular flexibility index (Phi) is 3.82. The summed E-state index contributed by atoms with van der Waals surface area (Å²) in [6.45, 7) is 0. The molecule has 4 rings (SSSR count). The van der Waals surface area contributed by atoms with Crippen molar-refractivity contribution in [2.45, 2.75) is 0 Å². The number of benzene rings is 3. The molecule has 0 atom stereocenters. The minimum Gasteiger partial charge on any atom is -0.355 e. The van der Waals surface area contributed by atoms with Crippen LogP contribution in [0.3, 0.4) is 0 Å². The second-order valence-electron chi connectivity index (χ2n) is 5.56. The largest absolute Gasteiger partial charge is 0.355 e. The molecule has 1 aromatic heterocycles. The van der Waals surface area contributed by atoms with E-state index in [4.69, 9.17) is 0 Å². The van der Waals surface area contributed by atoms with E-state index in [0.717, 1.165) is 17.1 Å². The highest BCUT2D eigenvalue weighted by Gasteiger charge is 2.05. The maximum Gasteiger partial charge on any atom is 0.0991 e. The van der Waals surface area contributed by atoms with Crippen LogP contribution in [0.2, 0.25) is 0 Å². The number of nitrogens with zero attached hydrogens (tertiary/aromatic N) is 2. The Balaban J connectivity index is 1.69. The van der Waals surface area contributed by atoms with E-state index in [9.17, 15) is 0 Å². The summed E-state index contributed by atoms with van der Waals surface area (Å²) in [4.78, 5) is 4.11. The lowest BCUT2D eigenvalue weighted by Crippen LogP contribution is -1.95. The van der Waals surface area contributed by atoms with Crippen molar-refractivity contribution in [1.29, 1.82) is 0 Å².